The fourth-order valence-electron chi connectivity index (χ4n) is 15.9. The number of pyridine rings is 1. The number of thiazole rings is 1. The van der Waals surface area contributed by atoms with Gasteiger partial charge in [0.15, 0.2) is 16.9 Å². The first-order valence-corrected chi connectivity index (χ1v) is 38.1. The molecule has 0 spiro atoms. The lowest BCUT2D eigenvalue weighted by atomic mass is 9.48. The summed E-state index contributed by atoms with van der Waals surface area (Å²) < 4.78 is 81.7. The number of nitrogens with two attached hydrogens (primary N) is 1. The normalized spacial score (nSPS) is 22.2. The van der Waals surface area contributed by atoms with E-state index >= 15 is 0 Å². The predicted molar refractivity (Wildman–Crippen MR) is 399 cm³/mol. The van der Waals surface area contributed by atoms with E-state index in [1.54, 1.807) is 44.4 Å². The number of aliphatic imine (C=N–C) groups is 1. The quantitative estimate of drug-likeness (QED) is 0.00921. The van der Waals surface area contributed by atoms with E-state index in [0.29, 0.717) is 71.5 Å². The third-order valence-corrected chi connectivity index (χ3v) is 21.4. The number of aliphatic hydroxyl groups is 1. The number of benzene rings is 3. The molecule has 2 saturated carbocycles. The molecule has 3 fully saturated rings. The van der Waals surface area contributed by atoms with Crippen LogP contribution < -0.4 is 40.8 Å². The Bertz CT molecular complexity index is 4400. The van der Waals surface area contributed by atoms with Crippen LogP contribution in [0.25, 0.3) is 15.8 Å². The molecular formula is C75H94N10O22S2. The number of imide groups is 1. The van der Waals surface area contributed by atoms with Gasteiger partial charge < -0.3 is 79.4 Å². The minimum absolute atomic E-state index is 0.0432. The molecule has 2 aliphatic carbocycles. The van der Waals surface area contributed by atoms with Gasteiger partial charge in [0, 0.05) is 130 Å². The topological polar surface area (TPSA) is 435 Å². The highest BCUT2D eigenvalue weighted by Gasteiger charge is 2.58. The summed E-state index contributed by atoms with van der Waals surface area (Å²) in [4.78, 5) is 122. The number of allylic oxidation sites excluding steroid dienone is 1. The Kier molecular flexibility index (Phi) is 26.5. The van der Waals surface area contributed by atoms with Gasteiger partial charge in [-0.2, -0.15) is 8.42 Å². The zero-order valence-electron chi connectivity index (χ0n) is 61.9. The predicted octanol–water partition coefficient (Wildman–Crippen LogP) is 6.56. The van der Waals surface area contributed by atoms with E-state index in [-0.39, 0.29) is 125 Å². The molecule has 109 heavy (non-hydrogen) atoms. The summed E-state index contributed by atoms with van der Waals surface area (Å²) >= 11 is 1.37. The van der Waals surface area contributed by atoms with Crippen LogP contribution in [0.2, 0.25) is 0 Å². The maximum absolute atomic E-state index is 14.3. The number of aromatic nitrogens is 2. The van der Waals surface area contributed by atoms with Gasteiger partial charge in [0.1, 0.15) is 48.1 Å². The number of ether oxygens (including phenoxy) is 8. The van der Waals surface area contributed by atoms with Crippen molar-refractivity contribution in [2.24, 2.45) is 27.0 Å². The number of fused-ring (bicyclic) bond motifs is 4. The second-order valence-corrected chi connectivity index (χ2v) is 31.9. The highest BCUT2D eigenvalue weighted by Crippen LogP contribution is 2.63. The van der Waals surface area contributed by atoms with Crippen LogP contribution in [0.3, 0.4) is 0 Å². The number of nitrogens with one attached hydrogen (secondary N) is 3. The van der Waals surface area contributed by atoms with Crippen molar-refractivity contribution in [3.05, 3.63) is 119 Å². The Hall–Kier alpha value is -9.68. The number of para-hydroxylation sites is 1. The maximum Gasteiger partial charge on any atom is 0.410 e. The highest BCUT2D eigenvalue weighted by molar-refractivity contribution is 7.85. The van der Waals surface area contributed by atoms with Crippen molar-refractivity contribution in [2.45, 2.75) is 136 Å². The molecular weight excluding hydrogens is 1460 g/mol. The number of hydrogen-bond acceptors (Lipinski definition) is 25. The number of amides is 6. The Morgan fingerprint density at radius 2 is 1.62 bits per heavy atom. The summed E-state index contributed by atoms with van der Waals surface area (Å²) in [5, 5.41) is 39.0. The molecule has 5 heterocycles. The summed E-state index contributed by atoms with van der Waals surface area (Å²) in [6.07, 6.45) is 2.82. The summed E-state index contributed by atoms with van der Waals surface area (Å²) in [6, 6.07) is 17.4. The van der Waals surface area contributed by atoms with Crippen LogP contribution in [0.5, 0.6) is 17.2 Å². The third-order valence-electron chi connectivity index (χ3n) is 19.7. The lowest BCUT2D eigenvalue weighted by Crippen LogP contribution is -2.57. The molecule has 5 aliphatic rings. The van der Waals surface area contributed by atoms with Gasteiger partial charge >= 0.3 is 18.0 Å². The van der Waals surface area contributed by atoms with Gasteiger partial charge in [-0.15, -0.1) is 0 Å². The van der Waals surface area contributed by atoms with Crippen molar-refractivity contribution in [3.8, 4) is 17.2 Å². The average molecular weight is 1550 g/mol. The molecule has 9 N–H and O–H groups in total. The Morgan fingerprint density at radius 1 is 0.872 bits per heavy atom. The lowest BCUT2D eigenvalue weighted by Gasteiger charge is -2.61. The van der Waals surface area contributed by atoms with E-state index in [9.17, 15) is 66.6 Å². The monoisotopic (exact) mass is 1550 g/mol. The number of anilines is 2. The van der Waals surface area contributed by atoms with Gasteiger partial charge in [0.2, 0.25) is 18.1 Å². The summed E-state index contributed by atoms with van der Waals surface area (Å²) in [7, 11) is -1.70. The Labute approximate surface area is 634 Å². The second-order valence-electron chi connectivity index (χ2n) is 29.4. The van der Waals surface area contributed by atoms with E-state index in [4.69, 9.17) is 53.6 Å². The van der Waals surface area contributed by atoms with E-state index in [1.165, 1.54) is 41.7 Å². The second kappa shape index (κ2) is 35.3. The molecule has 6 amide bonds. The number of aliphatic hydroxyl groups excluding tert-OH is 1. The number of aliphatic carboxylic acids is 1. The number of methoxy groups -OCH3 is 2. The molecule has 1 saturated heterocycles. The minimum atomic E-state index is -4.79. The first kappa shape index (κ1) is 81.8. The summed E-state index contributed by atoms with van der Waals surface area (Å²) in [5.41, 5.74) is 9.15. The standard InChI is InChI=1S/C75H94N10O22S2/c1-45(52(35-76)50-15-17-60(81-65(50)69(94)95)84-23-20-49-53(36-84)51(14-16-56(49)101-7)66(90)82-70-80-54-10-8-9-11-59(54)108-70)78-44-74(5)41-73(4)39-72(2,3)40-75(42-73,43-74)105-29-26-83(25-28-100-6)71(96)104-37-46-12-13-48(106-64-33-47(86)32-58(107-64)68(92)93)34-57(46)103-31-30-102-27-22-77-67(91)55(38-109(97,98)99)79-61(87)21-24-85-62(88)18-19-63(85)89/h8-19,34-35,47,55,58,64,86H,20-33,36-44,76H2,1-7H3,(H,77,91)(H,79,87)(H,92,93)(H,94,95)(H,80,82,90)(H,97,98,99)/t47-,55-,58-,64+,73?,74?,75?/m0/s1. The lowest BCUT2D eigenvalue weighted by molar-refractivity contribution is -0.195. The van der Waals surface area contributed by atoms with E-state index in [2.05, 4.69) is 48.6 Å². The smallest absolute Gasteiger partial charge is 0.410 e. The fourth-order valence-corrected chi connectivity index (χ4v) is 17.4. The molecule has 3 unspecified atom stereocenters. The van der Waals surface area contributed by atoms with E-state index in [1.807, 2.05) is 29.2 Å². The summed E-state index contributed by atoms with van der Waals surface area (Å²) in [6.45, 7) is 11.1. The van der Waals surface area contributed by atoms with Gasteiger partial charge in [0.05, 0.1) is 55.5 Å². The highest BCUT2D eigenvalue weighted by atomic mass is 32.2. The Balaban J connectivity index is 0.771. The maximum atomic E-state index is 14.3. The molecule has 32 nitrogen and oxygen atoms in total. The van der Waals surface area contributed by atoms with Gasteiger partial charge in [-0.3, -0.25) is 43.7 Å². The van der Waals surface area contributed by atoms with Crippen LogP contribution in [-0.4, -0.2) is 224 Å². The molecule has 10 rings (SSSR count). The van der Waals surface area contributed by atoms with E-state index in [0.717, 1.165) is 57.7 Å². The van der Waals surface area contributed by atoms with Crippen LogP contribution >= 0.6 is 11.3 Å². The molecule has 3 aliphatic heterocycles. The van der Waals surface area contributed by atoms with Crippen molar-refractivity contribution in [3.63, 3.8) is 0 Å². The average Bonchev–Trinajstić information content (AvgIpc) is 1.03. The zero-order valence-corrected chi connectivity index (χ0v) is 63.5. The van der Waals surface area contributed by atoms with Crippen LogP contribution in [-0.2, 0) is 77.3 Å². The van der Waals surface area contributed by atoms with Crippen molar-refractivity contribution in [1.82, 2.24) is 30.4 Å². The summed E-state index contributed by atoms with van der Waals surface area (Å²) in [5.74, 6) is -5.89. The van der Waals surface area contributed by atoms with Crippen molar-refractivity contribution >= 4 is 101 Å². The van der Waals surface area contributed by atoms with Crippen molar-refractivity contribution < 1.29 is 105 Å². The van der Waals surface area contributed by atoms with Gasteiger partial charge in [-0.25, -0.2) is 24.4 Å². The third kappa shape index (κ3) is 21.4. The molecule has 2 aromatic heterocycles. The molecule has 7 atom stereocenters. The number of hydrogen-bond donors (Lipinski definition) is 8. The van der Waals surface area contributed by atoms with Gasteiger partial charge in [-0.05, 0) is 116 Å². The molecule has 5 aromatic rings. The number of carbonyl (C=O) groups excluding carboxylic acids is 6. The van der Waals surface area contributed by atoms with E-state index < -0.39 is 99.5 Å². The Morgan fingerprint density at radius 3 is 2.34 bits per heavy atom. The number of carboxylic acid groups (broad SMARTS) is 2. The van der Waals surface area contributed by atoms with Crippen LogP contribution in [0.1, 0.15) is 129 Å². The van der Waals surface area contributed by atoms with Gasteiger partial charge in [0.25, 0.3) is 27.8 Å². The molecule has 2 bridgehead atoms. The molecule has 34 heteroatoms. The number of nitrogens with zero attached hydrogens (tertiary/aromatic N) is 6. The zero-order chi connectivity index (χ0) is 78.6. The number of carboxylic acids is 2. The first-order valence-electron chi connectivity index (χ1n) is 35.7. The van der Waals surface area contributed by atoms with Crippen molar-refractivity contribution in [1.29, 1.82) is 0 Å². The van der Waals surface area contributed by atoms with Crippen LogP contribution in [0, 0.1) is 16.2 Å². The largest absolute Gasteiger partial charge is 0.496 e. The minimum Gasteiger partial charge on any atom is -0.496 e. The molecule has 3 aromatic carbocycles. The molecule has 0 radical (unpaired) electrons. The number of carbonyl (C=O) groups is 8. The van der Waals surface area contributed by atoms with Crippen LogP contribution in [0.4, 0.5) is 15.7 Å². The van der Waals surface area contributed by atoms with Crippen molar-refractivity contribution in [2.75, 3.05) is 102 Å². The fraction of sp³-hybridized carbons (Fsp3) is 0.507. The number of rotatable bonds is 35. The SMILES string of the molecule is COCCN(CCOC12CC(C)(C)CC(C)(CC(C)(CN=C(C)C(=CN)c3ccc(N4CCc5c(OC)ccc(C(=O)Nc6nc7ccccc7s6)c5C4)nc3C(=O)O)C1)C2)C(=O)OCc1ccc(O[C@H]2C[C@@H](O)C[C@@H](C(=O)O)O2)cc1OCCOCCNC(=O)[C@H](CS(=O)(=O)O)NC(=O)CCN1C(=O)C=CC1=O. The first-order chi connectivity index (χ1) is 51.8. The van der Waals surface area contributed by atoms with Gasteiger partial charge in [-0.1, -0.05) is 51.2 Å². The molecule has 588 valence electrons. The number of aromatic carboxylic acids is 1. The van der Waals surface area contributed by atoms with Crippen LogP contribution in [0.15, 0.2) is 90.1 Å².